The van der Waals surface area contributed by atoms with Gasteiger partial charge in [0.25, 0.3) is 5.91 Å². The highest BCUT2D eigenvalue weighted by molar-refractivity contribution is 5.99. The first-order chi connectivity index (χ1) is 12.4. The first kappa shape index (κ1) is 17.7. The Kier molecular flexibility index (Phi) is 4.75. The van der Waals surface area contributed by atoms with Gasteiger partial charge in [-0.15, -0.1) is 0 Å². The van der Waals surface area contributed by atoms with Crippen LogP contribution in [0.3, 0.4) is 0 Å². The highest BCUT2D eigenvalue weighted by atomic mass is 16.5. The van der Waals surface area contributed by atoms with Crippen molar-refractivity contribution in [1.82, 2.24) is 20.0 Å². The topological polar surface area (TPSA) is 93.5 Å². The first-order valence-electron chi connectivity index (χ1n) is 8.19. The number of carbonyl (C=O) groups excluding carboxylic acids is 3. The predicted octanol–water partition coefficient (Wildman–Crippen LogP) is 0.834. The molecule has 1 aromatic carbocycles. The second-order valence-corrected chi connectivity index (χ2v) is 6.17. The van der Waals surface area contributed by atoms with Crippen LogP contribution in [-0.4, -0.2) is 59.2 Å². The van der Waals surface area contributed by atoms with E-state index in [0.29, 0.717) is 29.8 Å². The van der Waals surface area contributed by atoms with Gasteiger partial charge in [0.15, 0.2) is 5.69 Å². The van der Waals surface area contributed by atoms with Crippen LogP contribution in [0.5, 0.6) is 0 Å². The number of carbonyl (C=O) groups is 3. The number of methoxy groups -OCH3 is 1. The monoisotopic (exact) mass is 356 g/mol. The molecule has 0 aliphatic carbocycles. The fraction of sp³-hybridized carbons (Fsp3) is 0.333. The molecule has 1 atom stereocenters. The van der Waals surface area contributed by atoms with Crippen LogP contribution in [0.2, 0.25) is 0 Å². The number of esters is 1. The standard InChI is InChI=1S/C18H20N4O4/c1-21-9-8-14(17(21)24)20-16(23)12-6-4-11(5-7-12)13-10-19-22(2)15(13)18(25)26-3/h4-7,10,14H,8-9H2,1-3H3,(H,20,23). The van der Waals surface area contributed by atoms with Gasteiger partial charge in [-0.25, -0.2) is 4.79 Å². The van der Waals surface area contributed by atoms with E-state index in [4.69, 9.17) is 4.74 Å². The van der Waals surface area contributed by atoms with E-state index in [1.165, 1.54) is 11.8 Å². The Hall–Kier alpha value is -3.16. The number of hydrogen-bond acceptors (Lipinski definition) is 5. The summed E-state index contributed by atoms with van der Waals surface area (Å²) in [6, 6.07) is 6.31. The van der Waals surface area contributed by atoms with Crippen LogP contribution in [0.4, 0.5) is 0 Å². The molecule has 1 unspecified atom stereocenters. The van der Waals surface area contributed by atoms with Gasteiger partial charge in [0, 0.05) is 31.8 Å². The molecule has 2 aromatic rings. The summed E-state index contributed by atoms with van der Waals surface area (Å²) in [5.41, 5.74) is 2.15. The van der Waals surface area contributed by atoms with Gasteiger partial charge >= 0.3 is 5.97 Å². The molecule has 1 saturated heterocycles. The van der Waals surface area contributed by atoms with Crippen LogP contribution in [0.15, 0.2) is 30.5 Å². The molecule has 0 spiro atoms. The van der Waals surface area contributed by atoms with Gasteiger partial charge < -0.3 is 15.0 Å². The number of amides is 2. The van der Waals surface area contributed by atoms with Crippen molar-refractivity contribution in [2.24, 2.45) is 7.05 Å². The molecule has 1 aliphatic heterocycles. The average Bonchev–Trinajstić information content (AvgIpc) is 3.18. The van der Waals surface area contributed by atoms with Gasteiger partial charge in [-0.1, -0.05) is 12.1 Å². The van der Waals surface area contributed by atoms with Crippen molar-refractivity contribution in [2.45, 2.75) is 12.5 Å². The van der Waals surface area contributed by atoms with Gasteiger partial charge in [0.05, 0.1) is 13.3 Å². The Labute approximate surface area is 150 Å². The normalized spacial score (nSPS) is 16.7. The lowest BCUT2D eigenvalue weighted by atomic mass is 10.0. The van der Waals surface area contributed by atoms with Crippen molar-refractivity contribution < 1.29 is 19.1 Å². The van der Waals surface area contributed by atoms with Crippen LogP contribution in [0.1, 0.15) is 27.3 Å². The number of aromatic nitrogens is 2. The molecule has 8 nitrogen and oxygen atoms in total. The number of benzene rings is 1. The molecule has 0 bridgehead atoms. The molecular formula is C18H20N4O4. The summed E-state index contributed by atoms with van der Waals surface area (Å²) in [6.45, 7) is 0.639. The van der Waals surface area contributed by atoms with Gasteiger partial charge in [-0.2, -0.15) is 5.10 Å². The van der Waals surface area contributed by atoms with Crippen LogP contribution in [-0.2, 0) is 16.6 Å². The quantitative estimate of drug-likeness (QED) is 0.819. The minimum atomic E-state index is -0.481. The average molecular weight is 356 g/mol. The van der Waals surface area contributed by atoms with Crippen molar-refractivity contribution >= 4 is 17.8 Å². The van der Waals surface area contributed by atoms with E-state index in [1.54, 1.807) is 49.5 Å². The van der Waals surface area contributed by atoms with Crippen LogP contribution >= 0.6 is 0 Å². The molecular weight excluding hydrogens is 336 g/mol. The van der Waals surface area contributed by atoms with Crippen molar-refractivity contribution in [3.8, 4) is 11.1 Å². The zero-order chi connectivity index (χ0) is 18.8. The predicted molar refractivity (Wildman–Crippen MR) is 93.5 cm³/mol. The number of nitrogens with one attached hydrogen (secondary N) is 1. The molecule has 2 amide bonds. The number of likely N-dealkylation sites (N-methyl/N-ethyl adjacent to an activating group) is 1. The number of nitrogens with zero attached hydrogens (tertiary/aromatic N) is 3. The maximum Gasteiger partial charge on any atom is 0.356 e. The molecule has 1 aromatic heterocycles. The molecule has 2 heterocycles. The van der Waals surface area contributed by atoms with Crippen LogP contribution < -0.4 is 5.32 Å². The summed E-state index contributed by atoms with van der Waals surface area (Å²) in [5, 5.41) is 6.85. The fourth-order valence-electron chi connectivity index (χ4n) is 2.99. The second-order valence-electron chi connectivity index (χ2n) is 6.17. The summed E-state index contributed by atoms with van der Waals surface area (Å²) < 4.78 is 6.24. The highest BCUT2D eigenvalue weighted by Crippen LogP contribution is 2.24. The van der Waals surface area contributed by atoms with Gasteiger partial charge in [-0.05, 0) is 24.1 Å². The first-order valence-corrected chi connectivity index (χ1v) is 8.19. The van der Waals surface area contributed by atoms with Gasteiger partial charge in [-0.3, -0.25) is 14.3 Å². The number of rotatable bonds is 4. The van der Waals surface area contributed by atoms with Crippen molar-refractivity contribution in [1.29, 1.82) is 0 Å². The van der Waals surface area contributed by atoms with Gasteiger partial charge in [0.1, 0.15) is 6.04 Å². The van der Waals surface area contributed by atoms with Crippen LogP contribution in [0, 0.1) is 0 Å². The third kappa shape index (κ3) is 3.17. The summed E-state index contributed by atoms with van der Waals surface area (Å²) in [5.74, 6) is -0.858. The lowest BCUT2D eigenvalue weighted by Crippen LogP contribution is -2.40. The molecule has 1 aliphatic rings. The molecule has 1 N–H and O–H groups in total. The Morgan fingerprint density at radius 1 is 1.23 bits per heavy atom. The smallest absolute Gasteiger partial charge is 0.356 e. The summed E-state index contributed by atoms with van der Waals surface area (Å²) in [7, 11) is 4.69. The molecule has 0 saturated carbocycles. The number of hydrogen-bond donors (Lipinski definition) is 1. The minimum Gasteiger partial charge on any atom is -0.464 e. The molecule has 136 valence electrons. The lowest BCUT2D eigenvalue weighted by molar-refractivity contribution is -0.128. The van der Waals surface area contributed by atoms with Crippen molar-refractivity contribution in [2.75, 3.05) is 20.7 Å². The summed E-state index contributed by atoms with van der Waals surface area (Å²) in [4.78, 5) is 37.8. The van der Waals surface area contributed by atoms with E-state index < -0.39 is 12.0 Å². The summed E-state index contributed by atoms with van der Waals surface area (Å²) >= 11 is 0. The third-order valence-corrected chi connectivity index (χ3v) is 4.51. The molecule has 8 heteroatoms. The zero-order valence-electron chi connectivity index (χ0n) is 14.9. The minimum absolute atomic E-state index is 0.0759. The summed E-state index contributed by atoms with van der Waals surface area (Å²) in [6.07, 6.45) is 2.19. The van der Waals surface area contributed by atoms with Crippen molar-refractivity contribution in [3.05, 3.63) is 41.7 Å². The molecule has 3 rings (SSSR count). The maximum atomic E-state index is 12.4. The molecule has 1 fully saturated rings. The van der Waals surface area contributed by atoms with Gasteiger partial charge in [0.2, 0.25) is 5.91 Å². The van der Waals surface area contributed by atoms with E-state index in [0.717, 1.165) is 5.56 Å². The van der Waals surface area contributed by atoms with Crippen molar-refractivity contribution in [3.63, 3.8) is 0 Å². The lowest BCUT2D eigenvalue weighted by Gasteiger charge is -2.12. The zero-order valence-corrected chi connectivity index (χ0v) is 14.9. The Morgan fingerprint density at radius 2 is 1.92 bits per heavy atom. The SMILES string of the molecule is COC(=O)c1c(-c2ccc(C(=O)NC3CCN(C)C3=O)cc2)cnn1C. The Morgan fingerprint density at radius 3 is 2.50 bits per heavy atom. The number of aryl methyl sites for hydroxylation is 1. The molecule has 0 radical (unpaired) electrons. The highest BCUT2D eigenvalue weighted by Gasteiger charge is 2.30. The maximum absolute atomic E-state index is 12.4. The van der Waals surface area contributed by atoms with E-state index in [1.807, 2.05) is 0 Å². The Bertz CT molecular complexity index is 857. The number of likely N-dealkylation sites (tertiary alicyclic amines) is 1. The largest absolute Gasteiger partial charge is 0.464 e. The van der Waals surface area contributed by atoms with E-state index >= 15 is 0 Å². The Balaban J connectivity index is 1.78. The third-order valence-electron chi connectivity index (χ3n) is 4.51. The van der Waals surface area contributed by atoms with E-state index in [-0.39, 0.29) is 11.8 Å². The van der Waals surface area contributed by atoms with E-state index in [9.17, 15) is 14.4 Å². The second kappa shape index (κ2) is 6.99. The fourth-order valence-corrected chi connectivity index (χ4v) is 2.99. The van der Waals surface area contributed by atoms with E-state index in [2.05, 4.69) is 10.4 Å². The molecule has 26 heavy (non-hydrogen) atoms. The van der Waals surface area contributed by atoms with Crippen LogP contribution in [0.25, 0.3) is 11.1 Å². The number of ether oxygens (including phenoxy) is 1.